The van der Waals surface area contributed by atoms with E-state index >= 15 is 0 Å². The van der Waals surface area contributed by atoms with E-state index < -0.39 is 62.4 Å². The fraction of sp³-hybridized carbons (Fsp3) is 0.0435. The number of rotatable bonds is 9. The average Bonchev–Trinajstić information content (AvgIpc) is 3.14. The first-order chi connectivity index (χ1) is 27.0. The molecule has 0 aliphatic carbocycles. The van der Waals surface area contributed by atoms with Crippen LogP contribution in [0.15, 0.2) is 146 Å². The van der Waals surface area contributed by atoms with Crippen molar-refractivity contribution in [1.29, 1.82) is 0 Å². The van der Waals surface area contributed by atoms with E-state index in [2.05, 4.69) is 0 Å². The summed E-state index contributed by atoms with van der Waals surface area (Å²) in [5.41, 5.74) is 2.84. The van der Waals surface area contributed by atoms with Crippen molar-refractivity contribution in [2.45, 2.75) is 12.3 Å². The molecule has 56 heavy (non-hydrogen) atoms. The second-order valence-electron chi connectivity index (χ2n) is 13.3. The van der Waals surface area contributed by atoms with Gasteiger partial charge < -0.3 is 0 Å². The molecule has 0 heterocycles. The van der Waals surface area contributed by atoms with Crippen LogP contribution in [0.2, 0.25) is 0 Å². The lowest BCUT2D eigenvalue weighted by Crippen LogP contribution is -2.17. The molecule has 0 unspecified atom stereocenters. The van der Waals surface area contributed by atoms with Crippen molar-refractivity contribution in [1.82, 2.24) is 0 Å². The average molecular weight is 795 g/mol. The summed E-state index contributed by atoms with van der Waals surface area (Å²) in [5.74, 6) is -6.70. The summed E-state index contributed by atoms with van der Waals surface area (Å²) in [4.78, 5) is 0. The third-order valence-corrected chi connectivity index (χ3v) is 14.4. The van der Waals surface area contributed by atoms with E-state index in [0.29, 0.717) is 11.1 Å². The molecule has 8 rings (SSSR count). The fourth-order valence-electron chi connectivity index (χ4n) is 7.27. The Balaban J connectivity index is 1.40. The predicted octanol–water partition coefficient (Wildman–Crippen LogP) is 12.0. The molecular weight excluding hydrogens is 766 g/mol. The van der Waals surface area contributed by atoms with E-state index in [4.69, 9.17) is 0 Å². The minimum atomic E-state index is -1.83. The van der Waals surface area contributed by atoms with Crippen molar-refractivity contribution in [3.05, 3.63) is 203 Å². The van der Waals surface area contributed by atoms with Gasteiger partial charge in [0, 0.05) is 36.6 Å². The van der Waals surface area contributed by atoms with Crippen LogP contribution in [0, 0.1) is 46.5 Å². The normalized spacial score (nSPS) is 11.7. The van der Waals surface area contributed by atoms with Gasteiger partial charge in [-0.25, -0.2) is 35.1 Å². The smallest absolute Gasteiger partial charge is 0.126 e. The molecule has 0 saturated heterocycles. The maximum absolute atomic E-state index is 14.8. The standard InChI is InChI=1S/C46H28F8P2/c47-31-13-32(48)18-39(17-31)55(40-19-33(49)14-34(50)20-40)25-29-11-9-27-5-1-3-7-43(27)45(29)46-30(12-10-28-6-2-4-8-44(28)46)26-56(41-21-35(51)15-36(52)22-41)42-23-37(53)16-38(54)24-42/h1-24H,25-26H2. The highest BCUT2D eigenvalue weighted by molar-refractivity contribution is 7.72. The highest BCUT2D eigenvalue weighted by atomic mass is 31.1. The molecule has 10 heteroatoms. The maximum atomic E-state index is 14.8. The molecule has 0 spiro atoms. The largest absolute Gasteiger partial charge is 0.207 e. The SMILES string of the molecule is Fc1cc(F)cc(P(Cc2ccc3ccccc3c2-c2c(CP(c3cc(F)cc(F)c3)c3cc(F)cc(F)c3)ccc3ccccc23)c2cc(F)cc(F)c2)c1. The molecule has 0 amide bonds. The number of hydrogen-bond acceptors (Lipinski definition) is 0. The van der Waals surface area contributed by atoms with Crippen LogP contribution in [0.5, 0.6) is 0 Å². The molecule has 0 aromatic heterocycles. The molecule has 0 N–H and O–H groups in total. The second kappa shape index (κ2) is 15.6. The minimum Gasteiger partial charge on any atom is -0.207 e. The summed E-state index contributed by atoms with van der Waals surface area (Å²) in [6, 6.07) is 35.1. The lowest BCUT2D eigenvalue weighted by molar-refractivity contribution is 0.584. The molecular formula is C46H28F8P2. The van der Waals surface area contributed by atoms with Crippen LogP contribution in [0.4, 0.5) is 35.1 Å². The fourth-order valence-corrected chi connectivity index (χ4v) is 12.0. The molecule has 0 nitrogen and oxygen atoms in total. The van der Waals surface area contributed by atoms with Crippen molar-refractivity contribution >= 4 is 58.6 Å². The van der Waals surface area contributed by atoms with Gasteiger partial charge in [-0.3, -0.25) is 0 Å². The van der Waals surface area contributed by atoms with Gasteiger partial charge in [-0.05, 0) is 129 Å². The summed E-state index contributed by atoms with van der Waals surface area (Å²) in [5, 5.41) is 4.20. The summed E-state index contributed by atoms with van der Waals surface area (Å²) in [7, 11) is -3.67. The van der Waals surface area contributed by atoms with Gasteiger partial charge in [0.05, 0.1) is 0 Å². The van der Waals surface area contributed by atoms with E-state index in [9.17, 15) is 35.1 Å². The molecule has 0 fully saturated rings. The van der Waals surface area contributed by atoms with Crippen molar-refractivity contribution in [3.63, 3.8) is 0 Å². The molecule has 0 saturated carbocycles. The van der Waals surface area contributed by atoms with E-state index in [0.717, 1.165) is 56.9 Å². The molecule has 0 bridgehead atoms. The van der Waals surface area contributed by atoms with Crippen molar-refractivity contribution in [2.24, 2.45) is 0 Å². The lowest BCUT2D eigenvalue weighted by atomic mass is 9.88. The number of halogens is 8. The van der Waals surface area contributed by atoms with Gasteiger partial charge in [-0.2, -0.15) is 0 Å². The van der Waals surface area contributed by atoms with Crippen molar-refractivity contribution in [2.75, 3.05) is 0 Å². The third kappa shape index (κ3) is 7.82. The van der Waals surface area contributed by atoms with Crippen LogP contribution in [-0.4, -0.2) is 0 Å². The summed E-state index contributed by atoms with van der Waals surface area (Å²) in [6.45, 7) is 0. The number of fused-ring (bicyclic) bond motifs is 2. The molecule has 8 aromatic carbocycles. The van der Waals surface area contributed by atoms with Crippen molar-refractivity contribution in [3.8, 4) is 11.1 Å². The van der Waals surface area contributed by atoms with Gasteiger partial charge in [0.25, 0.3) is 0 Å². The molecule has 0 aliphatic rings. The van der Waals surface area contributed by atoms with Gasteiger partial charge >= 0.3 is 0 Å². The van der Waals surface area contributed by atoms with Gasteiger partial charge in [0.1, 0.15) is 46.5 Å². The number of benzene rings is 8. The summed E-state index contributed by atoms with van der Waals surface area (Å²) >= 11 is 0. The van der Waals surface area contributed by atoms with Crippen LogP contribution in [0.25, 0.3) is 32.7 Å². The summed E-state index contributed by atoms with van der Waals surface area (Å²) < 4.78 is 119. The Bertz CT molecular complexity index is 2410. The van der Waals surface area contributed by atoms with Gasteiger partial charge in [-0.1, -0.05) is 72.8 Å². The zero-order valence-corrected chi connectivity index (χ0v) is 31.0. The summed E-state index contributed by atoms with van der Waals surface area (Å²) in [6.07, 6.45) is 0.200. The highest BCUT2D eigenvalue weighted by Crippen LogP contribution is 2.48. The van der Waals surface area contributed by atoms with Crippen LogP contribution in [-0.2, 0) is 12.3 Å². The maximum Gasteiger partial charge on any atom is 0.126 e. The molecule has 278 valence electrons. The molecule has 0 atom stereocenters. The highest BCUT2D eigenvalue weighted by Gasteiger charge is 2.26. The van der Waals surface area contributed by atoms with Gasteiger partial charge in [0.2, 0.25) is 0 Å². The molecule has 8 aromatic rings. The topological polar surface area (TPSA) is 0 Å². The zero-order valence-electron chi connectivity index (χ0n) is 29.2. The van der Waals surface area contributed by atoms with Crippen molar-refractivity contribution < 1.29 is 35.1 Å². The van der Waals surface area contributed by atoms with Crippen LogP contribution in [0.3, 0.4) is 0 Å². The Kier molecular flexibility index (Phi) is 10.5. The third-order valence-electron chi connectivity index (χ3n) is 9.57. The Morgan fingerprint density at radius 1 is 0.304 bits per heavy atom. The lowest BCUT2D eigenvalue weighted by Gasteiger charge is -2.26. The van der Waals surface area contributed by atoms with Gasteiger partial charge in [-0.15, -0.1) is 0 Å². The molecule has 0 aliphatic heterocycles. The Labute approximate surface area is 319 Å². The predicted molar refractivity (Wildman–Crippen MR) is 212 cm³/mol. The van der Waals surface area contributed by atoms with Crippen LogP contribution in [0.1, 0.15) is 11.1 Å². The monoisotopic (exact) mass is 794 g/mol. The first-order valence-corrected chi connectivity index (χ1v) is 20.5. The Hall–Kier alpha value is -5.42. The van der Waals surface area contributed by atoms with E-state index in [-0.39, 0.29) is 33.5 Å². The van der Waals surface area contributed by atoms with E-state index in [1.807, 2.05) is 72.8 Å². The van der Waals surface area contributed by atoms with E-state index in [1.165, 1.54) is 48.5 Å². The first kappa shape index (κ1) is 37.5. The van der Waals surface area contributed by atoms with Crippen LogP contribution >= 0.6 is 15.8 Å². The van der Waals surface area contributed by atoms with Crippen LogP contribution < -0.4 is 21.2 Å². The quantitative estimate of drug-likeness (QED) is 0.101. The van der Waals surface area contributed by atoms with Gasteiger partial charge in [0.15, 0.2) is 0 Å². The number of hydrogen-bond donors (Lipinski definition) is 0. The Morgan fingerprint density at radius 2 is 0.571 bits per heavy atom. The second-order valence-corrected chi connectivity index (χ2v) is 17.7. The van der Waals surface area contributed by atoms with E-state index in [1.54, 1.807) is 0 Å². The zero-order chi connectivity index (χ0) is 39.1. The minimum absolute atomic E-state index is 0.100. The Morgan fingerprint density at radius 3 is 0.857 bits per heavy atom. The first-order valence-electron chi connectivity index (χ1n) is 17.4. The molecule has 0 radical (unpaired) electrons.